The normalized spacial score (nSPS) is 12.5. The minimum atomic E-state index is -0.0578. The lowest BCUT2D eigenvalue weighted by molar-refractivity contribution is -0.116. The van der Waals surface area contributed by atoms with Gasteiger partial charge in [-0.3, -0.25) is 4.79 Å². The average Bonchev–Trinajstić information content (AvgIpc) is 3.05. The fraction of sp³-hybridized carbons (Fsp3) is 0.267. The standard InChI is InChI=1S/C15H16N4O2/c1-10(19-9-16-8-17-19)5-15(20)18-13-3-4-14-12(7-13)6-11(2)21-14/h3-4,6-10H,5H2,1-2H3,(H,18,20)/t10-/m1/s1. The van der Waals surface area contributed by atoms with Crippen LogP contribution in [0.3, 0.4) is 0 Å². The van der Waals surface area contributed by atoms with E-state index in [1.54, 1.807) is 11.0 Å². The van der Waals surface area contributed by atoms with Crippen molar-refractivity contribution in [3.8, 4) is 0 Å². The van der Waals surface area contributed by atoms with Crippen molar-refractivity contribution in [1.29, 1.82) is 0 Å². The van der Waals surface area contributed by atoms with E-state index in [4.69, 9.17) is 4.42 Å². The molecule has 6 heteroatoms. The van der Waals surface area contributed by atoms with Gasteiger partial charge in [0.05, 0.1) is 6.04 Å². The van der Waals surface area contributed by atoms with Gasteiger partial charge in [0.15, 0.2) is 0 Å². The number of carbonyl (C=O) groups excluding carboxylic acids is 1. The number of anilines is 1. The Bertz CT molecular complexity index is 761. The molecule has 1 atom stereocenters. The molecule has 6 nitrogen and oxygen atoms in total. The number of hydrogen-bond donors (Lipinski definition) is 1. The molecule has 1 amide bonds. The summed E-state index contributed by atoms with van der Waals surface area (Å²) < 4.78 is 7.18. The highest BCUT2D eigenvalue weighted by Crippen LogP contribution is 2.23. The highest BCUT2D eigenvalue weighted by Gasteiger charge is 2.12. The zero-order valence-electron chi connectivity index (χ0n) is 11.9. The van der Waals surface area contributed by atoms with Crippen LogP contribution in [0.5, 0.6) is 0 Å². The van der Waals surface area contributed by atoms with Gasteiger partial charge >= 0.3 is 0 Å². The number of aryl methyl sites for hydroxylation is 1. The summed E-state index contributed by atoms with van der Waals surface area (Å²) in [5.74, 6) is 0.797. The number of aromatic nitrogens is 3. The van der Waals surface area contributed by atoms with E-state index in [2.05, 4.69) is 15.4 Å². The Morgan fingerprint density at radius 1 is 1.43 bits per heavy atom. The van der Waals surface area contributed by atoms with Crippen molar-refractivity contribution in [3.63, 3.8) is 0 Å². The first kappa shape index (κ1) is 13.4. The number of rotatable bonds is 4. The van der Waals surface area contributed by atoms with Crippen LogP contribution in [0.15, 0.2) is 41.3 Å². The SMILES string of the molecule is Cc1cc2cc(NC(=O)C[C@@H](C)n3cncn3)ccc2o1. The third kappa shape index (κ3) is 2.94. The first-order valence-electron chi connectivity index (χ1n) is 6.76. The first-order chi connectivity index (χ1) is 10.1. The van der Waals surface area contributed by atoms with Crippen LogP contribution in [0.2, 0.25) is 0 Å². The summed E-state index contributed by atoms with van der Waals surface area (Å²) >= 11 is 0. The van der Waals surface area contributed by atoms with Gasteiger partial charge in [-0.2, -0.15) is 5.10 Å². The number of benzene rings is 1. The van der Waals surface area contributed by atoms with E-state index in [0.29, 0.717) is 6.42 Å². The molecule has 3 rings (SSSR count). The molecule has 0 saturated carbocycles. The Morgan fingerprint density at radius 3 is 3.05 bits per heavy atom. The maximum absolute atomic E-state index is 12.1. The molecule has 108 valence electrons. The van der Waals surface area contributed by atoms with Crippen molar-refractivity contribution in [2.75, 3.05) is 5.32 Å². The van der Waals surface area contributed by atoms with Crippen molar-refractivity contribution in [2.45, 2.75) is 26.3 Å². The van der Waals surface area contributed by atoms with Crippen molar-refractivity contribution in [3.05, 3.63) is 42.7 Å². The molecule has 21 heavy (non-hydrogen) atoms. The highest BCUT2D eigenvalue weighted by molar-refractivity contribution is 5.93. The summed E-state index contributed by atoms with van der Waals surface area (Å²) in [5, 5.41) is 7.91. The smallest absolute Gasteiger partial charge is 0.226 e. The Hall–Kier alpha value is -2.63. The van der Waals surface area contributed by atoms with Gasteiger partial charge in [-0.15, -0.1) is 0 Å². The van der Waals surface area contributed by atoms with E-state index >= 15 is 0 Å². The predicted octanol–water partition coefficient (Wildman–Crippen LogP) is 2.92. The summed E-state index contributed by atoms with van der Waals surface area (Å²) in [6, 6.07) is 7.52. The molecule has 3 aromatic rings. The van der Waals surface area contributed by atoms with Crippen molar-refractivity contribution >= 4 is 22.6 Å². The molecule has 0 aliphatic heterocycles. The van der Waals surface area contributed by atoms with Crippen LogP contribution in [-0.2, 0) is 4.79 Å². The number of hydrogen-bond acceptors (Lipinski definition) is 4. The van der Waals surface area contributed by atoms with Gasteiger partial charge in [0.25, 0.3) is 0 Å². The molecule has 0 saturated heterocycles. The van der Waals surface area contributed by atoms with Gasteiger partial charge in [-0.25, -0.2) is 9.67 Å². The molecule has 0 fully saturated rings. The molecule has 0 unspecified atom stereocenters. The quantitative estimate of drug-likeness (QED) is 0.799. The van der Waals surface area contributed by atoms with Crippen LogP contribution in [0.4, 0.5) is 5.69 Å². The lowest BCUT2D eigenvalue weighted by Gasteiger charge is -2.11. The summed E-state index contributed by atoms with van der Waals surface area (Å²) in [7, 11) is 0. The third-order valence-corrected chi connectivity index (χ3v) is 3.29. The number of carbonyl (C=O) groups is 1. The Morgan fingerprint density at radius 2 is 2.29 bits per heavy atom. The van der Waals surface area contributed by atoms with E-state index in [0.717, 1.165) is 22.4 Å². The Kier molecular flexibility index (Phi) is 3.43. The summed E-state index contributed by atoms with van der Waals surface area (Å²) in [6.45, 7) is 3.83. The van der Waals surface area contributed by atoms with E-state index in [1.165, 1.54) is 6.33 Å². The fourth-order valence-corrected chi connectivity index (χ4v) is 2.27. The third-order valence-electron chi connectivity index (χ3n) is 3.29. The lowest BCUT2D eigenvalue weighted by atomic mass is 10.2. The van der Waals surface area contributed by atoms with Crippen LogP contribution in [-0.4, -0.2) is 20.7 Å². The molecule has 0 aliphatic carbocycles. The minimum absolute atomic E-state index is 0.0348. The van der Waals surface area contributed by atoms with Crippen LogP contribution in [0.25, 0.3) is 11.0 Å². The van der Waals surface area contributed by atoms with Gasteiger partial charge in [-0.1, -0.05) is 0 Å². The van der Waals surface area contributed by atoms with Crippen LogP contribution in [0.1, 0.15) is 25.1 Å². The maximum atomic E-state index is 12.1. The molecule has 2 aromatic heterocycles. The van der Waals surface area contributed by atoms with E-state index in [1.807, 2.05) is 38.1 Å². The van der Waals surface area contributed by atoms with Crippen LogP contribution >= 0.6 is 0 Å². The topological polar surface area (TPSA) is 73.0 Å². The maximum Gasteiger partial charge on any atom is 0.226 e. The molecule has 0 radical (unpaired) electrons. The van der Waals surface area contributed by atoms with Crippen LogP contribution in [0, 0.1) is 6.92 Å². The Balaban J connectivity index is 1.68. The number of nitrogens with one attached hydrogen (secondary N) is 1. The van der Waals surface area contributed by atoms with Gasteiger partial charge in [0.2, 0.25) is 5.91 Å². The van der Waals surface area contributed by atoms with Gasteiger partial charge in [0.1, 0.15) is 24.0 Å². The second kappa shape index (κ2) is 5.40. The number of fused-ring (bicyclic) bond motifs is 1. The summed E-state index contributed by atoms with van der Waals surface area (Å²) in [4.78, 5) is 15.9. The largest absolute Gasteiger partial charge is 0.461 e. The summed E-state index contributed by atoms with van der Waals surface area (Å²) in [6.07, 6.45) is 3.41. The van der Waals surface area contributed by atoms with Gasteiger partial charge in [-0.05, 0) is 38.1 Å². The number of amides is 1. The molecule has 2 heterocycles. The molecule has 0 aliphatic rings. The molecule has 1 aromatic carbocycles. The minimum Gasteiger partial charge on any atom is -0.461 e. The molecular formula is C15H16N4O2. The molecular weight excluding hydrogens is 268 g/mol. The number of nitrogens with zero attached hydrogens (tertiary/aromatic N) is 3. The van der Waals surface area contributed by atoms with Crippen molar-refractivity contribution < 1.29 is 9.21 Å². The zero-order chi connectivity index (χ0) is 14.8. The molecule has 0 spiro atoms. The van der Waals surface area contributed by atoms with Crippen molar-refractivity contribution in [1.82, 2.24) is 14.8 Å². The second-order valence-corrected chi connectivity index (χ2v) is 5.09. The monoisotopic (exact) mass is 284 g/mol. The van der Waals surface area contributed by atoms with E-state index < -0.39 is 0 Å². The van der Waals surface area contributed by atoms with Gasteiger partial charge in [0, 0.05) is 17.5 Å². The van der Waals surface area contributed by atoms with Crippen molar-refractivity contribution in [2.24, 2.45) is 0 Å². The first-order valence-corrected chi connectivity index (χ1v) is 6.76. The fourth-order valence-electron chi connectivity index (χ4n) is 2.27. The Labute approximate surface area is 121 Å². The number of furan rings is 1. The lowest BCUT2D eigenvalue weighted by Crippen LogP contribution is -2.17. The van der Waals surface area contributed by atoms with E-state index in [9.17, 15) is 4.79 Å². The van der Waals surface area contributed by atoms with Gasteiger partial charge < -0.3 is 9.73 Å². The predicted molar refractivity (Wildman–Crippen MR) is 78.9 cm³/mol. The highest BCUT2D eigenvalue weighted by atomic mass is 16.3. The second-order valence-electron chi connectivity index (χ2n) is 5.09. The zero-order valence-corrected chi connectivity index (χ0v) is 11.9. The average molecular weight is 284 g/mol. The van der Waals surface area contributed by atoms with E-state index in [-0.39, 0.29) is 11.9 Å². The molecule has 0 bridgehead atoms. The molecule has 1 N–H and O–H groups in total. The summed E-state index contributed by atoms with van der Waals surface area (Å²) in [5.41, 5.74) is 1.58. The van der Waals surface area contributed by atoms with Crippen LogP contribution < -0.4 is 5.32 Å².